The fourth-order valence-electron chi connectivity index (χ4n) is 1.45. The minimum absolute atomic E-state index is 0.386. The van der Waals surface area contributed by atoms with E-state index in [0.717, 1.165) is 16.4 Å². The molecule has 0 aliphatic carbocycles. The molecule has 4 nitrogen and oxygen atoms in total. The molecule has 18 heavy (non-hydrogen) atoms. The Bertz CT molecular complexity index is 407. The molecule has 0 spiro atoms. The molecule has 0 saturated heterocycles. The van der Waals surface area contributed by atoms with Crippen LogP contribution in [0.25, 0.3) is 0 Å². The molecule has 1 unspecified atom stereocenters. The Labute approximate surface area is 112 Å². The van der Waals surface area contributed by atoms with Gasteiger partial charge in [0.25, 0.3) is 0 Å². The van der Waals surface area contributed by atoms with Gasteiger partial charge in [-0.25, -0.2) is 0 Å². The van der Waals surface area contributed by atoms with Crippen molar-refractivity contribution < 1.29 is 14.3 Å². The number of hydrogen-bond donors (Lipinski definition) is 1. The van der Waals surface area contributed by atoms with Gasteiger partial charge in [0.05, 0.1) is 14.2 Å². The summed E-state index contributed by atoms with van der Waals surface area (Å²) in [6.07, 6.45) is 0.544. The van der Waals surface area contributed by atoms with E-state index in [4.69, 9.17) is 10.5 Å². The van der Waals surface area contributed by atoms with Gasteiger partial charge in [-0.1, -0.05) is 12.1 Å². The molecular formula is C13H19NO3S. The van der Waals surface area contributed by atoms with E-state index >= 15 is 0 Å². The number of esters is 1. The average molecular weight is 269 g/mol. The Morgan fingerprint density at radius 1 is 1.39 bits per heavy atom. The highest BCUT2D eigenvalue weighted by atomic mass is 32.2. The zero-order valence-corrected chi connectivity index (χ0v) is 11.8. The number of carbonyl (C=O) groups excluding carboxylic acids is 1. The maximum absolute atomic E-state index is 11.4. The number of thioether (sulfide) groups is 1. The molecular weight excluding hydrogens is 250 g/mol. The highest BCUT2D eigenvalue weighted by molar-refractivity contribution is 7.99. The van der Waals surface area contributed by atoms with E-state index in [1.54, 1.807) is 25.8 Å². The van der Waals surface area contributed by atoms with Crippen molar-refractivity contribution in [3.8, 4) is 5.75 Å². The molecule has 0 amide bonds. The molecule has 1 aromatic carbocycles. The fraction of sp³-hybridized carbons (Fsp3) is 0.462. The quantitative estimate of drug-likeness (QED) is 0.633. The molecule has 0 aliphatic heterocycles. The SMILES string of the molecule is COC(=O)C(C)(N)CCSc1ccccc1OC. The number of hydrogen-bond acceptors (Lipinski definition) is 5. The Kier molecular flexibility index (Phi) is 5.50. The lowest BCUT2D eigenvalue weighted by Crippen LogP contribution is -2.46. The number of ether oxygens (including phenoxy) is 2. The molecule has 5 heteroatoms. The van der Waals surface area contributed by atoms with Crippen LogP contribution in [0.2, 0.25) is 0 Å². The molecule has 1 aromatic rings. The lowest BCUT2D eigenvalue weighted by Gasteiger charge is -2.21. The van der Waals surface area contributed by atoms with Crippen LogP contribution in [0.15, 0.2) is 29.2 Å². The molecule has 0 fully saturated rings. The first-order valence-corrected chi connectivity index (χ1v) is 6.63. The predicted octanol–water partition coefficient (Wildman–Crippen LogP) is 2.07. The van der Waals surface area contributed by atoms with Crippen molar-refractivity contribution in [2.45, 2.75) is 23.8 Å². The van der Waals surface area contributed by atoms with E-state index < -0.39 is 5.54 Å². The van der Waals surface area contributed by atoms with Crippen LogP contribution >= 0.6 is 11.8 Å². The van der Waals surface area contributed by atoms with Gasteiger partial charge in [0.2, 0.25) is 0 Å². The zero-order chi connectivity index (χ0) is 13.6. The molecule has 0 bridgehead atoms. The Morgan fingerprint density at radius 2 is 2.06 bits per heavy atom. The first kappa shape index (κ1) is 14.9. The van der Waals surface area contributed by atoms with Gasteiger partial charge in [-0.15, -0.1) is 11.8 Å². The lowest BCUT2D eigenvalue weighted by atomic mass is 10.0. The van der Waals surface area contributed by atoms with Crippen molar-refractivity contribution in [1.29, 1.82) is 0 Å². The van der Waals surface area contributed by atoms with Crippen molar-refractivity contribution >= 4 is 17.7 Å². The van der Waals surface area contributed by atoms with E-state index in [-0.39, 0.29) is 5.97 Å². The Hall–Kier alpha value is -1.20. The van der Waals surface area contributed by atoms with Crippen LogP contribution in [-0.2, 0) is 9.53 Å². The maximum Gasteiger partial charge on any atom is 0.325 e. The summed E-state index contributed by atoms with van der Waals surface area (Å²) in [6.45, 7) is 1.68. The van der Waals surface area contributed by atoms with Gasteiger partial charge < -0.3 is 15.2 Å². The Morgan fingerprint density at radius 3 is 2.67 bits per heavy atom. The number of rotatable bonds is 6. The van der Waals surface area contributed by atoms with Gasteiger partial charge in [-0.05, 0) is 25.5 Å². The van der Waals surface area contributed by atoms with Crippen LogP contribution in [0.1, 0.15) is 13.3 Å². The van der Waals surface area contributed by atoms with Gasteiger partial charge in [0.1, 0.15) is 11.3 Å². The molecule has 0 aliphatic rings. The molecule has 0 saturated carbocycles. The predicted molar refractivity (Wildman–Crippen MR) is 72.9 cm³/mol. The largest absolute Gasteiger partial charge is 0.496 e. The summed E-state index contributed by atoms with van der Waals surface area (Å²) in [5, 5.41) is 0. The number of methoxy groups -OCH3 is 2. The molecule has 0 aromatic heterocycles. The molecule has 2 N–H and O–H groups in total. The van der Waals surface area contributed by atoms with E-state index in [1.165, 1.54) is 7.11 Å². The summed E-state index contributed by atoms with van der Waals surface area (Å²) in [5.41, 5.74) is 4.95. The summed E-state index contributed by atoms with van der Waals surface area (Å²) >= 11 is 1.61. The number of nitrogens with two attached hydrogens (primary N) is 1. The number of carbonyl (C=O) groups is 1. The van der Waals surface area contributed by atoms with Crippen LogP contribution in [-0.4, -0.2) is 31.5 Å². The monoisotopic (exact) mass is 269 g/mol. The third kappa shape index (κ3) is 3.92. The molecule has 0 heterocycles. The van der Waals surface area contributed by atoms with E-state index in [2.05, 4.69) is 4.74 Å². The van der Waals surface area contributed by atoms with Crippen molar-refractivity contribution in [1.82, 2.24) is 0 Å². The van der Waals surface area contributed by atoms with E-state index in [9.17, 15) is 4.79 Å². The molecule has 1 atom stereocenters. The van der Waals surface area contributed by atoms with Gasteiger partial charge in [-0.3, -0.25) is 4.79 Å². The normalized spacial score (nSPS) is 13.8. The van der Waals surface area contributed by atoms with Crippen molar-refractivity contribution in [3.63, 3.8) is 0 Å². The zero-order valence-electron chi connectivity index (χ0n) is 10.9. The Balaban J connectivity index is 2.54. The number of para-hydroxylation sites is 1. The second-order valence-electron chi connectivity index (χ2n) is 4.16. The highest BCUT2D eigenvalue weighted by Gasteiger charge is 2.28. The van der Waals surface area contributed by atoms with Crippen LogP contribution in [0, 0.1) is 0 Å². The van der Waals surface area contributed by atoms with Crippen LogP contribution < -0.4 is 10.5 Å². The second kappa shape index (κ2) is 6.66. The van der Waals surface area contributed by atoms with E-state index in [0.29, 0.717) is 6.42 Å². The third-order valence-electron chi connectivity index (χ3n) is 2.60. The second-order valence-corrected chi connectivity index (χ2v) is 5.30. The molecule has 100 valence electrons. The summed E-state index contributed by atoms with van der Waals surface area (Å²) < 4.78 is 9.92. The first-order chi connectivity index (χ1) is 8.51. The smallest absolute Gasteiger partial charge is 0.325 e. The van der Waals surface area contributed by atoms with Gasteiger partial charge in [-0.2, -0.15) is 0 Å². The average Bonchev–Trinajstić information content (AvgIpc) is 2.38. The van der Waals surface area contributed by atoms with Crippen LogP contribution in [0.3, 0.4) is 0 Å². The molecule has 1 rings (SSSR count). The van der Waals surface area contributed by atoms with Crippen LogP contribution in [0.4, 0.5) is 0 Å². The first-order valence-electron chi connectivity index (χ1n) is 5.64. The minimum atomic E-state index is -0.941. The lowest BCUT2D eigenvalue weighted by molar-refractivity contribution is -0.146. The minimum Gasteiger partial charge on any atom is -0.496 e. The summed E-state index contributed by atoms with van der Waals surface area (Å²) in [5.74, 6) is 1.17. The van der Waals surface area contributed by atoms with Gasteiger partial charge in [0, 0.05) is 10.6 Å². The van der Waals surface area contributed by atoms with Crippen LogP contribution in [0.5, 0.6) is 5.75 Å². The van der Waals surface area contributed by atoms with Gasteiger partial charge in [0.15, 0.2) is 0 Å². The standard InChI is InChI=1S/C13H19NO3S/c1-13(14,12(15)17-3)8-9-18-11-7-5-4-6-10(11)16-2/h4-7H,8-9,14H2,1-3H3. The molecule has 0 radical (unpaired) electrons. The summed E-state index contributed by atoms with van der Waals surface area (Å²) in [4.78, 5) is 12.5. The fourth-order valence-corrected chi connectivity index (χ4v) is 2.66. The van der Waals surface area contributed by atoms with Gasteiger partial charge >= 0.3 is 5.97 Å². The van der Waals surface area contributed by atoms with E-state index in [1.807, 2.05) is 24.3 Å². The van der Waals surface area contributed by atoms with Crippen molar-refractivity contribution in [3.05, 3.63) is 24.3 Å². The number of benzene rings is 1. The maximum atomic E-state index is 11.4. The summed E-state index contributed by atoms with van der Waals surface area (Å²) in [6, 6.07) is 7.76. The summed E-state index contributed by atoms with van der Waals surface area (Å²) in [7, 11) is 2.99. The highest BCUT2D eigenvalue weighted by Crippen LogP contribution is 2.30. The topological polar surface area (TPSA) is 61.5 Å². The third-order valence-corrected chi connectivity index (χ3v) is 3.66. The van der Waals surface area contributed by atoms with Crippen molar-refractivity contribution in [2.24, 2.45) is 5.73 Å². The van der Waals surface area contributed by atoms with Crippen molar-refractivity contribution in [2.75, 3.05) is 20.0 Å².